The lowest BCUT2D eigenvalue weighted by Gasteiger charge is -2.33. The van der Waals surface area contributed by atoms with E-state index in [2.05, 4.69) is 15.9 Å². The Kier molecular flexibility index (Phi) is 7.41. The largest absolute Gasteiger partial charge is 0.493 e. The van der Waals surface area contributed by atoms with Gasteiger partial charge in [-0.2, -0.15) is 0 Å². The molecule has 0 atom stereocenters. The molecule has 1 aromatic rings. The van der Waals surface area contributed by atoms with Gasteiger partial charge in [0, 0.05) is 18.4 Å². The Morgan fingerprint density at radius 3 is 2.20 bits per heavy atom. The van der Waals surface area contributed by atoms with Crippen molar-refractivity contribution in [2.75, 3.05) is 31.6 Å². The lowest BCUT2D eigenvalue weighted by molar-refractivity contribution is 0.0165. The van der Waals surface area contributed by atoms with E-state index in [9.17, 15) is 4.79 Å². The monoisotopic (exact) mass is 413 g/mol. The van der Waals surface area contributed by atoms with E-state index in [0.717, 1.165) is 42.8 Å². The third-order valence-corrected chi connectivity index (χ3v) is 4.25. The molecule has 5 nitrogen and oxygen atoms in total. The number of benzene rings is 1. The van der Waals surface area contributed by atoms with Crippen molar-refractivity contribution in [2.24, 2.45) is 5.92 Å². The van der Waals surface area contributed by atoms with Gasteiger partial charge < -0.3 is 19.1 Å². The van der Waals surface area contributed by atoms with Crippen LogP contribution in [0, 0.1) is 5.92 Å². The fraction of sp³-hybridized carbons (Fsp3) is 0.632. The van der Waals surface area contributed by atoms with Gasteiger partial charge in [-0.3, -0.25) is 0 Å². The maximum atomic E-state index is 12.1. The lowest BCUT2D eigenvalue weighted by atomic mass is 9.98. The molecule has 1 fully saturated rings. The Labute approximate surface area is 158 Å². The fourth-order valence-electron chi connectivity index (χ4n) is 2.61. The first-order chi connectivity index (χ1) is 11.9. The van der Waals surface area contributed by atoms with E-state index in [1.165, 1.54) is 0 Å². The van der Waals surface area contributed by atoms with Gasteiger partial charge in [0.05, 0.1) is 13.2 Å². The quantitative estimate of drug-likeness (QED) is 0.644. The standard InChI is InChI=1S/C19H28BrNO4/c1-19(2,3)25-18(22)21-11-8-15(9-12-21)14-24-17-6-4-16(5-7-17)23-13-10-20/h4-7,15H,8-14H2,1-3H3. The summed E-state index contributed by atoms with van der Waals surface area (Å²) in [5, 5.41) is 0.813. The molecular weight excluding hydrogens is 386 g/mol. The number of halogens is 1. The average Bonchev–Trinajstić information content (AvgIpc) is 2.58. The van der Waals surface area contributed by atoms with E-state index in [-0.39, 0.29) is 6.09 Å². The number of carbonyl (C=O) groups excluding carboxylic acids is 1. The zero-order chi connectivity index (χ0) is 18.3. The Balaban J connectivity index is 1.70. The summed E-state index contributed by atoms with van der Waals surface area (Å²) in [5.74, 6) is 2.15. The maximum absolute atomic E-state index is 12.1. The van der Waals surface area contributed by atoms with Crippen molar-refractivity contribution in [1.82, 2.24) is 4.90 Å². The van der Waals surface area contributed by atoms with Crippen LogP contribution in [-0.2, 0) is 4.74 Å². The second-order valence-electron chi connectivity index (χ2n) is 7.23. The number of ether oxygens (including phenoxy) is 3. The van der Waals surface area contributed by atoms with Crippen molar-refractivity contribution < 1.29 is 19.0 Å². The van der Waals surface area contributed by atoms with Crippen LogP contribution in [0.5, 0.6) is 11.5 Å². The zero-order valence-corrected chi connectivity index (χ0v) is 16.9. The van der Waals surface area contributed by atoms with Crippen molar-refractivity contribution in [3.8, 4) is 11.5 Å². The molecular formula is C19H28BrNO4. The van der Waals surface area contributed by atoms with Crippen molar-refractivity contribution in [2.45, 2.75) is 39.2 Å². The SMILES string of the molecule is CC(C)(C)OC(=O)N1CCC(COc2ccc(OCCBr)cc2)CC1. The molecule has 0 radical (unpaired) electrons. The Morgan fingerprint density at radius 1 is 1.12 bits per heavy atom. The first kappa shape index (κ1) is 19.9. The summed E-state index contributed by atoms with van der Waals surface area (Å²) in [6, 6.07) is 7.70. The molecule has 0 bridgehead atoms. The summed E-state index contributed by atoms with van der Waals surface area (Å²) in [6.07, 6.45) is 1.66. The van der Waals surface area contributed by atoms with Crippen molar-refractivity contribution in [1.29, 1.82) is 0 Å². The molecule has 0 N–H and O–H groups in total. The average molecular weight is 414 g/mol. The van der Waals surface area contributed by atoms with Crippen molar-refractivity contribution in [3.63, 3.8) is 0 Å². The summed E-state index contributed by atoms with van der Waals surface area (Å²) >= 11 is 3.34. The Bertz CT molecular complexity index is 533. The first-order valence-corrected chi connectivity index (χ1v) is 9.89. The molecule has 0 spiro atoms. The van der Waals surface area contributed by atoms with Crippen LogP contribution in [0.2, 0.25) is 0 Å². The maximum Gasteiger partial charge on any atom is 0.410 e. The summed E-state index contributed by atoms with van der Waals surface area (Å²) in [7, 11) is 0. The van der Waals surface area contributed by atoms with Crippen molar-refractivity contribution >= 4 is 22.0 Å². The summed E-state index contributed by atoms with van der Waals surface area (Å²) < 4.78 is 16.8. The van der Waals surface area contributed by atoms with Gasteiger partial charge >= 0.3 is 6.09 Å². The molecule has 1 aromatic carbocycles. The van der Waals surface area contributed by atoms with Crippen molar-refractivity contribution in [3.05, 3.63) is 24.3 Å². The molecule has 0 unspecified atom stereocenters. The smallest absolute Gasteiger partial charge is 0.410 e. The lowest BCUT2D eigenvalue weighted by Crippen LogP contribution is -2.42. The van der Waals surface area contributed by atoms with E-state index in [0.29, 0.717) is 19.1 Å². The third-order valence-electron chi connectivity index (χ3n) is 3.92. The number of rotatable bonds is 6. The van der Waals surface area contributed by atoms with Gasteiger partial charge in [0.15, 0.2) is 0 Å². The van der Waals surface area contributed by atoms with E-state index in [1.54, 1.807) is 4.90 Å². The zero-order valence-electron chi connectivity index (χ0n) is 15.3. The van der Waals surface area contributed by atoms with Gasteiger partial charge in [-0.05, 0) is 63.8 Å². The molecule has 0 saturated carbocycles. The predicted molar refractivity (Wildman–Crippen MR) is 102 cm³/mol. The van der Waals surface area contributed by atoms with Crippen LogP contribution in [0.4, 0.5) is 4.79 Å². The molecule has 2 rings (SSSR count). The number of carbonyl (C=O) groups is 1. The molecule has 6 heteroatoms. The van der Waals surface area contributed by atoms with Crippen LogP contribution in [0.25, 0.3) is 0 Å². The summed E-state index contributed by atoms with van der Waals surface area (Å²) in [6.45, 7) is 8.44. The van der Waals surface area contributed by atoms with Crippen LogP contribution < -0.4 is 9.47 Å². The van der Waals surface area contributed by atoms with Gasteiger partial charge in [-0.15, -0.1) is 0 Å². The van der Waals surface area contributed by atoms with E-state index in [1.807, 2.05) is 45.0 Å². The Morgan fingerprint density at radius 2 is 1.68 bits per heavy atom. The second-order valence-corrected chi connectivity index (χ2v) is 8.02. The molecule has 140 valence electrons. The van der Waals surface area contributed by atoms with Crippen LogP contribution in [0.3, 0.4) is 0 Å². The van der Waals surface area contributed by atoms with Crippen LogP contribution in [0.1, 0.15) is 33.6 Å². The highest BCUT2D eigenvalue weighted by molar-refractivity contribution is 9.09. The minimum absolute atomic E-state index is 0.217. The molecule has 0 aromatic heterocycles. The van der Waals surface area contributed by atoms with Gasteiger partial charge in [0.25, 0.3) is 0 Å². The number of nitrogens with zero attached hydrogens (tertiary/aromatic N) is 1. The first-order valence-electron chi connectivity index (χ1n) is 8.77. The summed E-state index contributed by atoms with van der Waals surface area (Å²) in [5.41, 5.74) is -0.443. The van der Waals surface area contributed by atoms with Gasteiger partial charge in [-0.1, -0.05) is 15.9 Å². The van der Waals surface area contributed by atoms with Crippen LogP contribution in [0.15, 0.2) is 24.3 Å². The highest BCUT2D eigenvalue weighted by Crippen LogP contribution is 2.22. The number of piperidine rings is 1. The van der Waals surface area contributed by atoms with Crippen LogP contribution >= 0.6 is 15.9 Å². The number of hydrogen-bond donors (Lipinski definition) is 0. The van der Waals surface area contributed by atoms with E-state index < -0.39 is 5.60 Å². The molecule has 0 aliphatic carbocycles. The highest BCUT2D eigenvalue weighted by atomic mass is 79.9. The normalized spacial score (nSPS) is 15.8. The van der Waals surface area contributed by atoms with Gasteiger partial charge in [-0.25, -0.2) is 4.79 Å². The molecule has 1 saturated heterocycles. The molecule has 1 aliphatic rings. The summed E-state index contributed by atoms with van der Waals surface area (Å²) in [4.78, 5) is 13.9. The number of likely N-dealkylation sites (tertiary alicyclic amines) is 1. The predicted octanol–water partition coefficient (Wildman–Crippen LogP) is 4.49. The highest BCUT2D eigenvalue weighted by Gasteiger charge is 2.27. The molecule has 1 amide bonds. The number of alkyl halides is 1. The second kappa shape index (κ2) is 9.32. The topological polar surface area (TPSA) is 48.0 Å². The Hall–Kier alpha value is -1.43. The number of hydrogen-bond acceptors (Lipinski definition) is 4. The minimum atomic E-state index is -0.443. The van der Waals surface area contributed by atoms with E-state index >= 15 is 0 Å². The minimum Gasteiger partial charge on any atom is -0.493 e. The van der Waals surface area contributed by atoms with Gasteiger partial charge in [0.1, 0.15) is 17.1 Å². The third kappa shape index (κ3) is 7.14. The fourth-order valence-corrected chi connectivity index (χ4v) is 2.77. The molecule has 25 heavy (non-hydrogen) atoms. The van der Waals surface area contributed by atoms with Crippen LogP contribution in [-0.4, -0.2) is 48.2 Å². The molecule has 1 aliphatic heterocycles. The van der Waals surface area contributed by atoms with E-state index in [4.69, 9.17) is 14.2 Å². The van der Waals surface area contributed by atoms with Gasteiger partial charge in [0.2, 0.25) is 0 Å². The molecule has 1 heterocycles. The number of amides is 1.